The van der Waals surface area contributed by atoms with E-state index in [9.17, 15) is 0 Å². The minimum absolute atomic E-state index is 0.200. The quantitative estimate of drug-likeness (QED) is 0.829. The fourth-order valence-electron chi connectivity index (χ4n) is 1.40. The van der Waals surface area contributed by atoms with E-state index in [1.54, 1.807) is 13.3 Å². The molecule has 0 aliphatic carbocycles. The number of ether oxygens (including phenoxy) is 1. The minimum Gasteiger partial charge on any atom is -0.374 e. The molecule has 2 heterocycles. The molecule has 0 N–H and O–H groups in total. The van der Waals surface area contributed by atoms with Crippen LogP contribution >= 0.6 is 11.6 Å². The van der Waals surface area contributed by atoms with Crippen molar-refractivity contribution < 1.29 is 9.26 Å². The molecule has 1 unspecified atom stereocenters. The lowest BCUT2D eigenvalue weighted by molar-refractivity contribution is 0.109. The third-order valence-electron chi connectivity index (χ3n) is 2.56. The summed E-state index contributed by atoms with van der Waals surface area (Å²) in [6.07, 6.45) is 2.89. The minimum atomic E-state index is -0.200. The van der Waals surface area contributed by atoms with E-state index in [4.69, 9.17) is 20.9 Å². The maximum atomic E-state index is 5.79. The normalized spacial score (nSPS) is 12.4. The van der Waals surface area contributed by atoms with Gasteiger partial charge in [-0.25, -0.2) is 4.98 Å². The molecule has 0 amide bonds. The van der Waals surface area contributed by atoms with Gasteiger partial charge >= 0.3 is 0 Å². The third-order valence-corrected chi connectivity index (χ3v) is 2.74. The fraction of sp³-hybridized carbons (Fsp3) is 0.455. The van der Waals surface area contributed by atoms with E-state index in [2.05, 4.69) is 20.1 Å². The summed E-state index contributed by atoms with van der Waals surface area (Å²) in [4.78, 5) is 14.2. The number of aromatic nitrogens is 4. The molecule has 0 fully saturated rings. The highest BCUT2D eigenvalue weighted by molar-refractivity contribution is 6.29. The molecule has 2 aromatic heterocycles. The maximum absolute atomic E-state index is 5.79. The monoisotopic (exact) mass is 283 g/mol. The van der Waals surface area contributed by atoms with Crippen molar-refractivity contribution in [3.63, 3.8) is 0 Å². The second-order valence-electron chi connectivity index (χ2n) is 3.98. The van der Waals surface area contributed by atoms with Crippen LogP contribution in [-0.4, -0.2) is 34.3 Å². The van der Waals surface area contributed by atoms with Crippen LogP contribution in [-0.2, 0) is 11.3 Å². The molecule has 102 valence electrons. The van der Waals surface area contributed by atoms with Crippen LogP contribution in [0, 0.1) is 0 Å². The molecule has 0 radical (unpaired) electrons. The van der Waals surface area contributed by atoms with E-state index < -0.39 is 0 Å². The summed E-state index contributed by atoms with van der Waals surface area (Å²) in [5, 5.41) is 4.19. The topological polar surface area (TPSA) is 77.2 Å². The highest BCUT2D eigenvalue weighted by Gasteiger charge is 2.15. The first-order valence-corrected chi connectivity index (χ1v) is 6.02. The first-order chi connectivity index (χ1) is 9.10. The zero-order chi connectivity index (χ0) is 13.8. The molecule has 0 spiro atoms. The summed E-state index contributed by atoms with van der Waals surface area (Å²) in [5.41, 5.74) is 0. The average Bonchev–Trinajstić information content (AvgIpc) is 2.86. The van der Waals surface area contributed by atoms with Crippen LogP contribution in [0.3, 0.4) is 0 Å². The number of halogens is 1. The lowest BCUT2D eigenvalue weighted by Crippen LogP contribution is -2.18. The highest BCUT2D eigenvalue weighted by Crippen LogP contribution is 2.15. The van der Waals surface area contributed by atoms with Crippen LogP contribution in [0.25, 0.3) is 0 Å². The standard InChI is InChI=1S/C11H14ClN5O2/c1-7(18-3)11-15-10(19-16-11)6-17(2)9-5-13-4-8(12)14-9/h4-5,7H,6H2,1-3H3. The van der Waals surface area contributed by atoms with Crippen molar-refractivity contribution in [2.45, 2.75) is 19.6 Å². The molecule has 0 aromatic carbocycles. The Morgan fingerprint density at radius 2 is 2.21 bits per heavy atom. The third kappa shape index (κ3) is 3.39. The van der Waals surface area contributed by atoms with Crippen molar-refractivity contribution in [3.05, 3.63) is 29.3 Å². The fourth-order valence-corrected chi connectivity index (χ4v) is 1.55. The molecule has 19 heavy (non-hydrogen) atoms. The van der Waals surface area contributed by atoms with Gasteiger partial charge in [0.25, 0.3) is 0 Å². The van der Waals surface area contributed by atoms with Gasteiger partial charge in [0.2, 0.25) is 5.89 Å². The van der Waals surface area contributed by atoms with E-state index >= 15 is 0 Å². The summed E-state index contributed by atoms with van der Waals surface area (Å²) in [7, 11) is 3.43. The lowest BCUT2D eigenvalue weighted by Gasteiger charge is -2.14. The van der Waals surface area contributed by atoms with Gasteiger partial charge in [-0.1, -0.05) is 16.8 Å². The summed E-state index contributed by atoms with van der Waals surface area (Å²) >= 11 is 5.79. The lowest BCUT2D eigenvalue weighted by atomic mass is 10.4. The molecular weight excluding hydrogens is 270 g/mol. The van der Waals surface area contributed by atoms with Gasteiger partial charge in [-0.3, -0.25) is 4.98 Å². The molecule has 0 aliphatic heterocycles. The number of hydrogen-bond acceptors (Lipinski definition) is 7. The SMILES string of the molecule is COC(C)c1noc(CN(C)c2cncc(Cl)n2)n1. The van der Waals surface area contributed by atoms with Crippen LogP contribution in [0.4, 0.5) is 5.82 Å². The number of rotatable bonds is 5. The van der Waals surface area contributed by atoms with Crippen molar-refractivity contribution in [1.82, 2.24) is 20.1 Å². The van der Waals surface area contributed by atoms with Crippen molar-refractivity contribution in [3.8, 4) is 0 Å². The zero-order valence-corrected chi connectivity index (χ0v) is 11.6. The van der Waals surface area contributed by atoms with E-state index in [1.807, 2.05) is 18.9 Å². The summed E-state index contributed by atoms with van der Waals surface area (Å²) in [6, 6.07) is 0. The van der Waals surface area contributed by atoms with Crippen LogP contribution in [0.15, 0.2) is 16.9 Å². The summed E-state index contributed by atoms with van der Waals surface area (Å²) in [5.74, 6) is 1.62. The molecule has 2 rings (SSSR count). The predicted octanol–water partition coefficient (Wildman–Crippen LogP) is 1.86. The predicted molar refractivity (Wildman–Crippen MR) is 68.9 cm³/mol. The molecular formula is C11H14ClN5O2. The van der Waals surface area contributed by atoms with E-state index in [-0.39, 0.29) is 6.10 Å². The number of hydrogen-bond donors (Lipinski definition) is 0. The van der Waals surface area contributed by atoms with Crippen LogP contribution in [0.1, 0.15) is 24.7 Å². The Balaban J connectivity index is 2.06. The molecule has 0 aliphatic rings. The molecule has 0 bridgehead atoms. The molecule has 8 heteroatoms. The summed E-state index contributed by atoms with van der Waals surface area (Å²) in [6.45, 7) is 2.26. The van der Waals surface area contributed by atoms with Crippen molar-refractivity contribution >= 4 is 17.4 Å². The van der Waals surface area contributed by atoms with E-state index in [1.165, 1.54) is 6.20 Å². The van der Waals surface area contributed by atoms with Gasteiger partial charge in [-0.05, 0) is 6.92 Å². The smallest absolute Gasteiger partial charge is 0.246 e. The van der Waals surface area contributed by atoms with Gasteiger partial charge < -0.3 is 14.2 Å². The van der Waals surface area contributed by atoms with Gasteiger partial charge in [-0.15, -0.1) is 0 Å². The molecule has 1 atom stereocenters. The Hall–Kier alpha value is -1.73. The van der Waals surface area contributed by atoms with Crippen LogP contribution < -0.4 is 4.90 Å². The second kappa shape index (κ2) is 5.94. The first kappa shape index (κ1) is 13.7. The van der Waals surface area contributed by atoms with Crippen LogP contribution in [0.2, 0.25) is 5.15 Å². The summed E-state index contributed by atoms with van der Waals surface area (Å²) < 4.78 is 10.3. The molecule has 0 saturated heterocycles. The number of methoxy groups -OCH3 is 1. The van der Waals surface area contributed by atoms with Crippen molar-refractivity contribution in [2.24, 2.45) is 0 Å². The number of anilines is 1. The van der Waals surface area contributed by atoms with Gasteiger partial charge in [0.15, 0.2) is 5.82 Å². The molecule has 0 saturated carbocycles. The largest absolute Gasteiger partial charge is 0.374 e. The zero-order valence-electron chi connectivity index (χ0n) is 10.9. The van der Waals surface area contributed by atoms with Crippen molar-refractivity contribution in [2.75, 3.05) is 19.1 Å². The number of nitrogens with zero attached hydrogens (tertiary/aromatic N) is 5. The maximum Gasteiger partial charge on any atom is 0.246 e. The van der Waals surface area contributed by atoms with Gasteiger partial charge in [0.1, 0.15) is 17.1 Å². The Morgan fingerprint density at radius 3 is 2.89 bits per heavy atom. The Morgan fingerprint density at radius 1 is 1.42 bits per heavy atom. The van der Waals surface area contributed by atoms with E-state index in [0.29, 0.717) is 29.2 Å². The van der Waals surface area contributed by atoms with Gasteiger partial charge in [-0.2, -0.15) is 4.98 Å². The van der Waals surface area contributed by atoms with E-state index in [0.717, 1.165) is 0 Å². The Kier molecular flexibility index (Phi) is 4.28. The highest BCUT2D eigenvalue weighted by atomic mass is 35.5. The first-order valence-electron chi connectivity index (χ1n) is 5.64. The average molecular weight is 284 g/mol. The Labute approximate surface area is 115 Å². The molecule has 2 aromatic rings. The van der Waals surface area contributed by atoms with Gasteiger partial charge in [0, 0.05) is 14.2 Å². The second-order valence-corrected chi connectivity index (χ2v) is 4.37. The van der Waals surface area contributed by atoms with Crippen LogP contribution in [0.5, 0.6) is 0 Å². The van der Waals surface area contributed by atoms with Gasteiger partial charge in [0.05, 0.1) is 18.9 Å². The van der Waals surface area contributed by atoms with Crippen molar-refractivity contribution in [1.29, 1.82) is 0 Å². The molecule has 7 nitrogen and oxygen atoms in total. The Bertz CT molecular complexity index is 547.